The Morgan fingerprint density at radius 3 is 1.22 bits per heavy atom. The van der Waals surface area contributed by atoms with Gasteiger partial charge in [-0.15, -0.1) is 0 Å². The van der Waals surface area contributed by atoms with Crippen LogP contribution in [-0.4, -0.2) is 47.4 Å². The molecule has 0 aliphatic rings. The zero-order valence-electron chi connectivity index (χ0n) is 38.8. The molecule has 2 unspecified atom stereocenters. The molecule has 0 heterocycles. The first kappa shape index (κ1) is 56.3. The number of hydrogen-bond donors (Lipinski definition) is 3. The van der Waals surface area contributed by atoms with E-state index in [9.17, 15) is 19.8 Å². The van der Waals surface area contributed by atoms with Crippen molar-refractivity contribution in [1.29, 1.82) is 0 Å². The van der Waals surface area contributed by atoms with E-state index in [1.165, 1.54) is 186 Å². The zero-order chi connectivity index (χ0) is 42.3. The average Bonchev–Trinajstić information content (AvgIpc) is 3.22. The molecule has 6 nitrogen and oxygen atoms in total. The Kier molecular flexibility index (Phi) is 46.6. The zero-order valence-corrected chi connectivity index (χ0v) is 38.8. The molecule has 6 heteroatoms. The van der Waals surface area contributed by atoms with Crippen LogP contribution in [0.3, 0.4) is 0 Å². The number of rotatable bonds is 47. The van der Waals surface area contributed by atoms with E-state index in [1.54, 1.807) is 6.08 Å². The van der Waals surface area contributed by atoms with E-state index in [0.29, 0.717) is 19.4 Å². The first-order valence-electron chi connectivity index (χ1n) is 25.6. The number of esters is 1. The number of nitrogens with one attached hydrogen (secondary N) is 1. The van der Waals surface area contributed by atoms with Gasteiger partial charge in [0.15, 0.2) is 0 Å². The van der Waals surface area contributed by atoms with Gasteiger partial charge in [0.2, 0.25) is 5.91 Å². The molecule has 342 valence electrons. The lowest BCUT2D eigenvalue weighted by atomic mass is 10.0. The number of ether oxygens (including phenoxy) is 1. The Labute approximate surface area is 361 Å². The molecule has 0 fully saturated rings. The Morgan fingerprint density at radius 2 is 0.810 bits per heavy atom. The van der Waals surface area contributed by atoms with Crippen molar-refractivity contribution in [3.63, 3.8) is 0 Å². The summed E-state index contributed by atoms with van der Waals surface area (Å²) < 4.78 is 5.44. The van der Waals surface area contributed by atoms with Gasteiger partial charge in [0.1, 0.15) is 0 Å². The molecule has 0 rings (SSSR count). The standard InChI is InChI=1S/C52H99NO5/c1-3-5-7-9-11-13-15-17-19-20-21-22-24-28-32-36-40-44-50(55)49(48-54)53-51(56)45-41-37-33-29-26-27-31-35-39-43-47-58-52(57)46-42-38-34-30-25-23-18-16-14-12-10-8-6-4-2/h16,18,40,44,49-50,54-55H,3-15,17,19-39,41-43,45-48H2,1-2H3,(H,53,56)/b18-16-,44-40+. The topological polar surface area (TPSA) is 95.9 Å². The third kappa shape index (κ3) is 43.9. The van der Waals surface area contributed by atoms with Crippen LogP contribution in [0.2, 0.25) is 0 Å². The number of aliphatic hydroxyl groups is 2. The van der Waals surface area contributed by atoms with Crippen LogP contribution in [-0.2, 0) is 14.3 Å². The second-order valence-corrected chi connectivity index (χ2v) is 17.5. The van der Waals surface area contributed by atoms with Crippen molar-refractivity contribution < 1.29 is 24.5 Å². The predicted molar refractivity (Wildman–Crippen MR) is 250 cm³/mol. The number of aliphatic hydroxyl groups excluding tert-OH is 2. The maximum Gasteiger partial charge on any atom is 0.305 e. The van der Waals surface area contributed by atoms with E-state index in [1.807, 2.05) is 6.08 Å². The van der Waals surface area contributed by atoms with Crippen molar-refractivity contribution in [3.8, 4) is 0 Å². The highest BCUT2D eigenvalue weighted by atomic mass is 16.5. The molecule has 1 amide bonds. The molecule has 0 bridgehead atoms. The minimum atomic E-state index is -0.859. The van der Waals surface area contributed by atoms with Gasteiger partial charge >= 0.3 is 5.97 Å². The molecule has 0 aliphatic carbocycles. The summed E-state index contributed by atoms with van der Waals surface area (Å²) in [4.78, 5) is 24.4. The summed E-state index contributed by atoms with van der Waals surface area (Å²) in [5.41, 5.74) is 0. The lowest BCUT2D eigenvalue weighted by Gasteiger charge is -2.20. The molecule has 3 N–H and O–H groups in total. The van der Waals surface area contributed by atoms with Gasteiger partial charge in [-0.3, -0.25) is 9.59 Å². The van der Waals surface area contributed by atoms with Crippen LogP contribution in [0.25, 0.3) is 0 Å². The maximum atomic E-state index is 12.4. The van der Waals surface area contributed by atoms with Crippen LogP contribution in [0.5, 0.6) is 0 Å². The number of carbonyl (C=O) groups excluding carboxylic acids is 2. The Balaban J connectivity index is 3.53. The highest BCUT2D eigenvalue weighted by Gasteiger charge is 2.18. The molecule has 2 atom stereocenters. The first-order valence-corrected chi connectivity index (χ1v) is 25.6. The van der Waals surface area contributed by atoms with Crippen molar-refractivity contribution in [3.05, 3.63) is 24.3 Å². The van der Waals surface area contributed by atoms with Gasteiger partial charge in [-0.05, 0) is 57.8 Å². The summed E-state index contributed by atoms with van der Waals surface area (Å²) in [6.07, 6.45) is 56.0. The maximum absolute atomic E-state index is 12.4. The second-order valence-electron chi connectivity index (χ2n) is 17.5. The molecule has 0 radical (unpaired) electrons. The van der Waals surface area contributed by atoms with E-state index in [2.05, 4.69) is 31.3 Å². The summed E-state index contributed by atoms with van der Waals surface area (Å²) in [6, 6.07) is -0.644. The normalized spacial score (nSPS) is 12.8. The van der Waals surface area contributed by atoms with Gasteiger partial charge in [-0.2, -0.15) is 0 Å². The molecule has 0 aromatic heterocycles. The highest BCUT2D eigenvalue weighted by molar-refractivity contribution is 5.76. The first-order chi connectivity index (χ1) is 28.5. The van der Waals surface area contributed by atoms with Gasteiger partial charge in [0, 0.05) is 12.8 Å². The van der Waals surface area contributed by atoms with Crippen LogP contribution in [0.15, 0.2) is 24.3 Å². The van der Waals surface area contributed by atoms with E-state index in [-0.39, 0.29) is 18.5 Å². The van der Waals surface area contributed by atoms with Crippen LogP contribution in [0, 0.1) is 0 Å². The lowest BCUT2D eigenvalue weighted by Crippen LogP contribution is -2.45. The minimum Gasteiger partial charge on any atom is -0.466 e. The van der Waals surface area contributed by atoms with Crippen LogP contribution < -0.4 is 5.32 Å². The third-order valence-corrected chi connectivity index (χ3v) is 11.7. The minimum absolute atomic E-state index is 0.0294. The average molecular weight is 818 g/mol. The quantitative estimate of drug-likeness (QED) is 0.0323. The van der Waals surface area contributed by atoms with Crippen molar-refractivity contribution >= 4 is 11.9 Å². The van der Waals surface area contributed by atoms with Gasteiger partial charge < -0.3 is 20.3 Å². The van der Waals surface area contributed by atoms with Crippen molar-refractivity contribution in [2.45, 2.75) is 283 Å². The fourth-order valence-corrected chi connectivity index (χ4v) is 7.74. The smallest absolute Gasteiger partial charge is 0.305 e. The molecule has 0 spiro atoms. The van der Waals surface area contributed by atoms with Crippen molar-refractivity contribution in [2.24, 2.45) is 0 Å². The number of amides is 1. The van der Waals surface area contributed by atoms with E-state index in [0.717, 1.165) is 57.8 Å². The highest BCUT2D eigenvalue weighted by Crippen LogP contribution is 2.16. The van der Waals surface area contributed by atoms with Crippen molar-refractivity contribution in [2.75, 3.05) is 13.2 Å². The largest absolute Gasteiger partial charge is 0.466 e. The molecule has 0 aromatic rings. The van der Waals surface area contributed by atoms with Crippen LogP contribution in [0.4, 0.5) is 0 Å². The number of hydrogen-bond acceptors (Lipinski definition) is 5. The molecule has 0 saturated heterocycles. The van der Waals surface area contributed by atoms with Crippen LogP contribution in [0.1, 0.15) is 271 Å². The van der Waals surface area contributed by atoms with E-state index < -0.39 is 12.1 Å². The monoisotopic (exact) mass is 818 g/mol. The second kappa shape index (κ2) is 48.0. The molecule has 58 heavy (non-hydrogen) atoms. The number of carbonyl (C=O) groups is 2. The van der Waals surface area contributed by atoms with Crippen LogP contribution >= 0.6 is 0 Å². The summed E-state index contributed by atoms with van der Waals surface area (Å²) in [5.74, 6) is -0.120. The number of unbranched alkanes of at least 4 members (excludes halogenated alkanes) is 34. The van der Waals surface area contributed by atoms with E-state index >= 15 is 0 Å². The predicted octanol–water partition coefficient (Wildman–Crippen LogP) is 15.1. The molecular weight excluding hydrogens is 719 g/mol. The SMILES string of the molecule is CCCCCCC/C=C\CCCCCCCC(=O)OCCCCCCCCCCCCC(=O)NC(CO)C(O)/C=C/CCCCCCCCCCCCCCCCC. The number of allylic oxidation sites excluding steroid dienone is 3. The lowest BCUT2D eigenvalue weighted by molar-refractivity contribution is -0.143. The van der Waals surface area contributed by atoms with Crippen molar-refractivity contribution in [1.82, 2.24) is 5.32 Å². The molecule has 0 saturated carbocycles. The Hall–Kier alpha value is -1.66. The fraction of sp³-hybridized carbons (Fsp3) is 0.885. The summed E-state index contributed by atoms with van der Waals surface area (Å²) in [6.45, 7) is 4.84. The van der Waals surface area contributed by atoms with Gasteiger partial charge in [0.25, 0.3) is 0 Å². The molecule has 0 aromatic carbocycles. The Morgan fingerprint density at radius 1 is 0.466 bits per heavy atom. The molecular formula is C52H99NO5. The fourth-order valence-electron chi connectivity index (χ4n) is 7.74. The molecule has 0 aliphatic heterocycles. The summed E-state index contributed by atoms with van der Waals surface area (Å²) >= 11 is 0. The van der Waals surface area contributed by atoms with E-state index in [4.69, 9.17) is 4.74 Å². The summed E-state index contributed by atoms with van der Waals surface area (Å²) in [5, 5.41) is 23.1. The van der Waals surface area contributed by atoms with Gasteiger partial charge in [0.05, 0.1) is 25.4 Å². The van der Waals surface area contributed by atoms with Gasteiger partial charge in [-0.25, -0.2) is 0 Å². The summed E-state index contributed by atoms with van der Waals surface area (Å²) in [7, 11) is 0. The third-order valence-electron chi connectivity index (χ3n) is 11.7. The Bertz CT molecular complexity index is 904. The van der Waals surface area contributed by atoms with Gasteiger partial charge in [-0.1, -0.05) is 224 Å².